The van der Waals surface area contributed by atoms with Crippen LogP contribution in [-0.4, -0.2) is 10.9 Å². The smallest absolute Gasteiger partial charge is 0.287 e. The van der Waals surface area contributed by atoms with Gasteiger partial charge in [0, 0.05) is 5.38 Å². The van der Waals surface area contributed by atoms with Gasteiger partial charge in [-0.15, -0.1) is 11.3 Å². The van der Waals surface area contributed by atoms with Gasteiger partial charge in [0.25, 0.3) is 5.91 Å². The summed E-state index contributed by atoms with van der Waals surface area (Å²) in [6.45, 7) is 4.18. The van der Waals surface area contributed by atoms with Crippen molar-refractivity contribution in [3.63, 3.8) is 0 Å². The molecule has 1 N–H and O–H groups in total. The maximum absolute atomic E-state index is 11.6. The van der Waals surface area contributed by atoms with Gasteiger partial charge in [-0.25, -0.2) is 4.98 Å². The molecule has 2 aromatic rings. The van der Waals surface area contributed by atoms with E-state index in [0.29, 0.717) is 12.3 Å². The zero-order chi connectivity index (χ0) is 11.5. The second-order valence-electron chi connectivity index (χ2n) is 3.45. The van der Waals surface area contributed by atoms with Gasteiger partial charge in [-0.3, -0.25) is 4.79 Å². The first-order chi connectivity index (χ1) is 7.65. The van der Waals surface area contributed by atoms with Crippen LogP contribution in [0.3, 0.4) is 0 Å². The Morgan fingerprint density at radius 3 is 2.88 bits per heavy atom. The molecule has 0 spiro atoms. The van der Waals surface area contributed by atoms with Crippen molar-refractivity contribution in [2.24, 2.45) is 0 Å². The van der Waals surface area contributed by atoms with E-state index in [2.05, 4.69) is 10.3 Å². The third-order valence-corrected chi connectivity index (χ3v) is 2.88. The minimum absolute atomic E-state index is 0.209. The van der Waals surface area contributed by atoms with Crippen molar-refractivity contribution in [1.82, 2.24) is 10.3 Å². The van der Waals surface area contributed by atoms with Crippen LogP contribution in [0, 0.1) is 13.8 Å². The summed E-state index contributed by atoms with van der Waals surface area (Å²) in [7, 11) is 0. The zero-order valence-corrected chi connectivity index (χ0v) is 9.93. The fraction of sp³-hybridized carbons (Fsp3) is 0.273. The minimum atomic E-state index is -0.209. The molecule has 5 heteroatoms. The number of amides is 1. The number of thiazole rings is 1. The van der Waals surface area contributed by atoms with Crippen molar-refractivity contribution < 1.29 is 9.21 Å². The lowest BCUT2D eigenvalue weighted by atomic mass is 10.4. The average Bonchev–Trinajstić information content (AvgIpc) is 2.84. The van der Waals surface area contributed by atoms with Crippen LogP contribution < -0.4 is 5.32 Å². The quantitative estimate of drug-likeness (QED) is 0.889. The van der Waals surface area contributed by atoms with E-state index in [4.69, 9.17) is 4.42 Å². The lowest BCUT2D eigenvalue weighted by Crippen LogP contribution is -2.22. The van der Waals surface area contributed by atoms with Gasteiger partial charge in [-0.2, -0.15) is 0 Å². The minimum Gasteiger partial charge on any atom is -0.456 e. The number of carbonyl (C=O) groups excluding carboxylic acids is 1. The number of hydrogen-bond donors (Lipinski definition) is 1. The highest BCUT2D eigenvalue weighted by Crippen LogP contribution is 2.09. The summed E-state index contributed by atoms with van der Waals surface area (Å²) in [5.41, 5.74) is 0.874. The van der Waals surface area contributed by atoms with Crippen LogP contribution >= 0.6 is 11.3 Å². The molecule has 0 saturated heterocycles. The molecule has 0 radical (unpaired) electrons. The lowest BCUT2D eigenvalue weighted by Gasteiger charge is -1.99. The van der Waals surface area contributed by atoms with Crippen LogP contribution in [0.15, 0.2) is 21.9 Å². The van der Waals surface area contributed by atoms with Crippen LogP contribution in [0.1, 0.15) is 27.0 Å². The topological polar surface area (TPSA) is 55.1 Å². The summed E-state index contributed by atoms with van der Waals surface area (Å²) < 4.78 is 5.21. The number of aryl methyl sites for hydroxylation is 2. The maximum atomic E-state index is 11.6. The van der Waals surface area contributed by atoms with Crippen molar-refractivity contribution in [3.05, 3.63) is 39.7 Å². The second-order valence-corrected chi connectivity index (χ2v) is 4.51. The van der Waals surface area contributed by atoms with E-state index in [1.807, 2.05) is 12.3 Å². The monoisotopic (exact) mass is 236 g/mol. The standard InChI is InChI=1S/C11H12N2O2S/c1-7-3-4-10(15-7)11(14)12-5-9-6-16-8(2)13-9/h3-4,6H,5H2,1-2H3,(H,12,14). The molecule has 2 heterocycles. The molecule has 0 aliphatic heterocycles. The number of furan rings is 1. The molecule has 0 aromatic carbocycles. The van der Waals surface area contributed by atoms with Gasteiger partial charge in [0.1, 0.15) is 5.76 Å². The fourth-order valence-electron chi connectivity index (χ4n) is 1.30. The molecule has 2 rings (SSSR count). The molecule has 0 aliphatic rings. The van der Waals surface area contributed by atoms with Gasteiger partial charge in [0.05, 0.1) is 17.2 Å². The Labute approximate surface area is 97.3 Å². The van der Waals surface area contributed by atoms with Crippen LogP contribution in [0.4, 0.5) is 0 Å². The van der Waals surface area contributed by atoms with Gasteiger partial charge in [-0.1, -0.05) is 0 Å². The fourth-order valence-corrected chi connectivity index (χ4v) is 1.92. The highest BCUT2D eigenvalue weighted by molar-refractivity contribution is 7.09. The van der Waals surface area contributed by atoms with Gasteiger partial charge in [-0.05, 0) is 26.0 Å². The molecule has 2 aromatic heterocycles. The van der Waals surface area contributed by atoms with E-state index >= 15 is 0 Å². The van der Waals surface area contributed by atoms with Crippen molar-refractivity contribution in [1.29, 1.82) is 0 Å². The highest BCUT2D eigenvalue weighted by Gasteiger charge is 2.09. The number of hydrogen-bond acceptors (Lipinski definition) is 4. The average molecular weight is 236 g/mol. The van der Waals surface area contributed by atoms with Gasteiger partial charge >= 0.3 is 0 Å². The Balaban J connectivity index is 1.93. The summed E-state index contributed by atoms with van der Waals surface area (Å²) in [5, 5.41) is 5.69. The molecule has 84 valence electrons. The summed E-state index contributed by atoms with van der Waals surface area (Å²) in [6, 6.07) is 3.43. The predicted molar refractivity (Wildman–Crippen MR) is 61.5 cm³/mol. The van der Waals surface area contributed by atoms with Crippen LogP contribution in [0.2, 0.25) is 0 Å². The predicted octanol–water partition coefficient (Wildman–Crippen LogP) is 2.28. The van der Waals surface area contributed by atoms with Gasteiger partial charge in [0.15, 0.2) is 5.76 Å². The Hall–Kier alpha value is -1.62. The molecular formula is C11H12N2O2S. The third kappa shape index (κ3) is 2.49. The molecular weight excluding hydrogens is 224 g/mol. The number of nitrogens with one attached hydrogen (secondary N) is 1. The first-order valence-corrected chi connectivity index (χ1v) is 5.79. The van der Waals surface area contributed by atoms with Gasteiger partial charge < -0.3 is 9.73 Å². The SMILES string of the molecule is Cc1ccc(C(=O)NCc2csc(C)n2)o1. The van der Waals surface area contributed by atoms with Crippen LogP contribution in [0.25, 0.3) is 0 Å². The summed E-state index contributed by atoms with van der Waals surface area (Å²) in [4.78, 5) is 15.9. The summed E-state index contributed by atoms with van der Waals surface area (Å²) in [5.74, 6) is 0.859. The molecule has 1 amide bonds. The normalized spacial score (nSPS) is 10.4. The first-order valence-electron chi connectivity index (χ1n) is 4.91. The Bertz CT molecular complexity index is 502. The molecule has 4 nitrogen and oxygen atoms in total. The van der Waals surface area contributed by atoms with Gasteiger partial charge in [0.2, 0.25) is 0 Å². The first kappa shape index (κ1) is 10.9. The Kier molecular flexibility index (Phi) is 3.05. The number of nitrogens with zero attached hydrogens (tertiary/aromatic N) is 1. The number of rotatable bonds is 3. The lowest BCUT2D eigenvalue weighted by molar-refractivity contribution is 0.0921. The highest BCUT2D eigenvalue weighted by atomic mass is 32.1. The van der Waals surface area contributed by atoms with E-state index in [1.54, 1.807) is 30.4 Å². The third-order valence-electron chi connectivity index (χ3n) is 2.06. The van der Waals surface area contributed by atoms with Crippen molar-refractivity contribution >= 4 is 17.2 Å². The molecule has 0 aliphatic carbocycles. The Morgan fingerprint density at radius 1 is 1.50 bits per heavy atom. The number of aromatic nitrogens is 1. The molecule has 0 saturated carbocycles. The zero-order valence-electron chi connectivity index (χ0n) is 9.11. The van der Waals surface area contributed by atoms with E-state index < -0.39 is 0 Å². The van der Waals surface area contributed by atoms with E-state index in [-0.39, 0.29) is 5.91 Å². The van der Waals surface area contributed by atoms with E-state index in [0.717, 1.165) is 16.5 Å². The molecule has 0 fully saturated rings. The van der Waals surface area contributed by atoms with Crippen molar-refractivity contribution in [2.45, 2.75) is 20.4 Å². The summed E-state index contributed by atoms with van der Waals surface area (Å²) in [6.07, 6.45) is 0. The summed E-state index contributed by atoms with van der Waals surface area (Å²) >= 11 is 1.57. The maximum Gasteiger partial charge on any atom is 0.287 e. The van der Waals surface area contributed by atoms with Crippen LogP contribution in [-0.2, 0) is 6.54 Å². The second kappa shape index (κ2) is 4.49. The largest absolute Gasteiger partial charge is 0.456 e. The van der Waals surface area contributed by atoms with Crippen LogP contribution in [0.5, 0.6) is 0 Å². The molecule has 0 bridgehead atoms. The number of carbonyl (C=O) groups is 1. The Morgan fingerprint density at radius 2 is 2.31 bits per heavy atom. The van der Waals surface area contributed by atoms with Crippen molar-refractivity contribution in [2.75, 3.05) is 0 Å². The molecule has 16 heavy (non-hydrogen) atoms. The van der Waals surface area contributed by atoms with E-state index in [1.165, 1.54) is 0 Å². The van der Waals surface area contributed by atoms with Crippen molar-refractivity contribution in [3.8, 4) is 0 Å². The molecule has 0 unspecified atom stereocenters. The molecule has 0 atom stereocenters. The van der Waals surface area contributed by atoms with E-state index in [9.17, 15) is 4.79 Å².